The number of rotatable bonds is 6. The van der Waals surface area contributed by atoms with Crippen LogP contribution in [-0.2, 0) is 6.54 Å². The van der Waals surface area contributed by atoms with E-state index in [0.717, 1.165) is 17.1 Å². The van der Waals surface area contributed by atoms with Crippen LogP contribution in [0.1, 0.15) is 22.9 Å². The minimum absolute atomic E-state index is 0.238. The number of nitrogens with two attached hydrogens (primary N) is 1. The van der Waals surface area contributed by atoms with Crippen molar-refractivity contribution in [1.82, 2.24) is 4.90 Å². The molecule has 1 aromatic carbocycles. The fourth-order valence-corrected chi connectivity index (χ4v) is 3.63. The summed E-state index contributed by atoms with van der Waals surface area (Å²) in [6, 6.07) is 5.71. The van der Waals surface area contributed by atoms with Gasteiger partial charge in [-0.3, -0.25) is 0 Å². The summed E-state index contributed by atoms with van der Waals surface area (Å²) < 4.78 is 27.9. The summed E-state index contributed by atoms with van der Waals surface area (Å²) in [5.41, 5.74) is 6.21. The first-order valence-electron chi connectivity index (χ1n) is 6.58. The number of hydrogen-bond donors (Lipinski definition) is 1. The van der Waals surface area contributed by atoms with Gasteiger partial charge in [-0.1, -0.05) is 12.1 Å². The van der Waals surface area contributed by atoms with E-state index in [1.54, 1.807) is 17.4 Å². The number of halogens is 3. The number of nitrogens with zero attached hydrogens (tertiary/aromatic N) is 1. The van der Waals surface area contributed by atoms with E-state index in [1.165, 1.54) is 10.9 Å². The van der Waals surface area contributed by atoms with E-state index in [4.69, 9.17) is 5.73 Å². The minimum atomic E-state index is -0.847. The second kappa shape index (κ2) is 7.45. The van der Waals surface area contributed by atoms with Crippen molar-refractivity contribution in [2.24, 2.45) is 5.73 Å². The number of thiophene rings is 1. The molecule has 0 bridgehead atoms. The van der Waals surface area contributed by atoms with Crippen LogP contribution in [0.2, 0.25) is 0 Å². The zero-order valence-corrected chi connectivity index (χ0v) is 14.1. The summed E-state index contributed by atoms with van der Waals surface area (Å²) >= 11 is 5.11. The summed E-state index contributed by atoms with van der Waals surface area (Å²) in [7, 11) is 1.99. The van der Waals surface area contributed by atoms with Crippen molar-refractivity contribution in [3.63, 3.8) is 0 Å². The Kier molecular flexibility index (Phi) is 5.87. The predicted molar refractivity (Wildman–Crippen MR) is 86.3 cm³/mol. The average molecular weight is 375 g/mol. The Labute approximate surface area is 135 Å². The molecule has 2 N–H and O–H groups in total. The minimum Gasteiger partial charge on any atom is -0.324 e. The molecule has 0 aliphatic heterocycles. The molecule has 0 fully saturated rings. The smallest absolute Gasteiger partial charge is 0.163 e. The Morgan fingerprint density at radius 3 is 2.81 bits per heavy atom. The van der Waals surface area contributed by atoms with Gasteiger partial charge in [0.1, 0.15) is 0 Å². The first-order chi connectivity index (χ1) is 9.97. The molecule has 1 unspecified atom stereocenters. The molecule has 114 valence electrons. The highest BCUT2D eigenvalue weighted by molar-refractivity contribution is 9.10. The van der Waals surface area contributed by atoms with E-state index in [1.807, 2.05) is 12.4 Å². The van der Waals surface area contributed by atoms with Gasteiger partial charge in [0.2, 0.25) is 0 Å². The van der Waals surface area contributed by atoms with E-state index >= 15 is 0 Å². The van der Waals surface area contributed by atoms with Gasteiger partial charge in [-0.25, -0.2) is 8.78 Å². The quantitative estimate of drug-likeness (QED) is 0.815. The molecular formula is C15H17BrF2N2S. The predicted octanol–water partition coefficient (Wildman–Crippen LogP) is 4.31. The van der Waals surface area contributed by atoms with Gasteiger partial charge in [-0.2, -0.15) is 0 Å². The summed E-state index contributed by atoms with van der Waals surface area (Å²) in [6.07, 6.45) is 0.573. The lowest BCUT2D eigenvalue weighted by Gasteiger charge is -2.19. The third-order valence-electron chi connectivity index (χ3n) is 3.25. The van der Waals surface area contributed by atoms with E-state index < -0.39 is 17.7 Å². The highest BCUT2D eigenvalue weighted by atomic mass is 79.9. The van der Waals surface area contributed by atoms with Gasteiger partial charge in [0.05, 0.1) is 0 Å². The maximum atomic E-state index is 13.7. The Morgan fingerprint density at radius 1 is 1.38 bits per heavy atom. The van der Waals surface area contributed by atoms with Crippen LogP contribution in [0.3, 0.4) is 0 Å². The van der Waals surface area contributed by atoms with Crippen molar-refractivity contribution in [2.75, 3.05) is 13.6 Å². The van der Waals surface area contributed by atoms with E-state index in [2.05, 4.69) is 26.9 Å². The second-order valence-electron chi connectivity index (χ2n) is 5.01. The molecule has 0 aliphatic rings. The van der Waals surface area contributed by atoms with E-state index in [-0.39, 0.29) is 5.56 Å². The molecule has 0 spiro atoms. The van der Waals surface area contributed by atoms with Crippen LogP contribution in [0.25, 0.3) is 0 Å². The third-order valence-corrected chi connectivity index (χ3v) is 4.93. The number of benzene rings is 1. The molecule has 21 heavy (non-hydrogen) atoms. The molecule has 0 radical (unpaired) electrons. The van der Waals surface area contributed by atoms with Crippen LogP contribution >= 0.6 is 27.3 Å². The van der Waals surface area contributed by atoms with Crippen LogP contribution in [0.4, 0.5) is 8.78 Å². The Hall–Kier alpha value is -0.820. The van der Waals surface area contributed by atoms with Crippen LogP contribution in [-0.4, -0.2) is 18.5 Å². The molecule has 0 aliphatic carbocycles. The number of hydrogen-bond acceptors (Lipinski definition) is 3. The van der Waals surface area contributed by atoms with Gasteiger partial charge >= 0.3 is 0 Å². The first-order valence-corrected chi connectivity index (χ1v) is 8.25. The highest BCUT2D eigenvalue weighted by Gasteiger charge is 2.15. The zero-order chi connectivity index (χ0) is 15.4. The molecule has 0 saturated heterocycles. The summed E-state index contributed by atoms with van der Waals surface area (Å²) in [4.78, 5) is 3.37. The Balaban J connectivity index is 1.88. The molecule has 6 heteroatoms. The van der Waals surface area contributed by atoms with Gasteiger partial charge in [0.25, 0.3) is 0 Å². The highest BCUT2D eigenvalue weighted by Crippen LogP contribution is 2.22. The molecule has 2 aromatic rings. The molecule has 0 saturated carbocycles. The van der Waals surface area contributed by atoms with Gasteiger partial charge in [0.15, 0.2) is 11.6 Å². The fraction of sp³-hybridized carbons (Fsp3) is 0.333. The van der Waals surface area contributed by atoms with Crippen molar-refractivity contribution in [3.05, 3.63) is 56.2 Å². The van der Waals surface area contributed by atoms with Gasteiger partial charge < -0.3 is 10.6 Å². The lowest BCUT2D eigenvalue weighted by atomic mass is 10.0. The van der Waals surface area contributed by atoms with Crippen molar-refractivity contribution < 1.29 is 8.78 Å². The van der Waals surface area contributed by atoms with Crippen molar-refractivity contribution in [2.45, 2.75) is 19.0 Å². The van der Waals surface area contributed by atoms with Crippen LogP contribution in [0.15, 0.2) is 34.1 Å². The monoisotopic (exact) mass is 374 g/mol. The largest absolute Gasteiger partial charge is 0.324 e. The maximum absolute atomic E-state index is 13.7. The molecule has 2 nitrogen and oxygen atoms in total. The molecule has 0 amide bonds. The van der Waals surface area contributed by atoms with Crippen molar-refractivity contribution >= 4 is 27.3 Å². The van der Waals surface area contributed by atoms with E-state index in [9.17, 15) is 8.78 Å². The van der Waals surface area contributed by atoms with Gasteiger partial charge in [0, 0.05) is 39.4 Å². The summed E-state index contributed by atoms with van der Waals surface area (Å²) in [5.74, 6) is -1.69. The molecule has 1 aromatic heterocycles. The first kappa shape index (κ1) is 16.5. The molecular weight excluding hydrogens is 358 g/mol. The molecule has 2 rings (SSSR count). The SMILES string of the molecule is CN(CCC(N)c1cccc(F)c1F)Cc1cc(Br)cs1. The van der Waals surface area contributed by atoms with Crippen molar-refractivity contribution in [3.8, 4) is 0 Å². The lowest BCUT2D eigenvalue weighted by molar-refractivity contribution is 0.312. The molecule has 1 heterocycles. The fourth-order valence-electron chi connectivity index (χ4n) is 2.10. The topological polar surface area (TPSA) is 29.3 Å². The average Bonchev–Trinajstić information content (AvgIpc) is 2.84. The normalized spacial score (nSPS) is 12.9. The summed E-state index contributed by atoms with van der Waals surface area (Å²) in [6.45, 7) is 1.53. The summed E-state index contributed by atoms with van der Waals surface area (Å²) in [5, 5.41) is 2.04. The van der Waals surface area contributed by atoms with Crippen LogP contribution < -0.4 is 5.73 Å². The van der Waals surface area contributed by atoms with Gasteiger partial charge in [-0.05, 0) is 41.5 Å². The Morgan fingerprint density at radius 2 is 2.14 bits per heavy atom. The van der Waals surface area contributed by atoms with Crippen molar-refractivity contribution in [1.29, 1.82) is 0 Å². The van der Waals surface area contributed by atoms with Gasteiger partial charge in [-0.15, -0.1) is 11.3 Å². The second-order valence-corrected chi connectivity index (χ2v) is 6.92. The van der Waals surface area contributed by atoms with E-state index in [0.29, 0.717) is 13.0 Å². The Bertz CT molecular complexity index is 603. The zero-order valence-electron chi connectivity index (χ0n) is 11.7. The van der Waals surface area contributed by atoms with Crippen LogP contribution in [0.5, 0.6) is 0 Å². The van der Waals surface area contributed by atoms with Crippen LogP contribution in [0, 0.1) is 11.6 Å². The third kappa shape index (κ3) is 4.57. The lowest BCUT2D eigenvalue weighted by Crippen LogP contribution is -2.23. The maximum Gasteiger partial charge on any atom is 0.163 e. The standard InChI is InChI=1S/C15H17BrF2N2S/c1-20(8-11-7-10(16)9-21-11)6-5-14(19)12-3-2-4-13(17)15(12)18/h2-4,7,9,14H,5-6,8,19H2,1H3. The molecule has 1 atom stereocenters.